The van der Waals surface area contributed by atoms with Crippen LogP contribution in [0.1, 0.15) is 16.1 Å². The molecule has 7 nitrogen and oxygen atoms in total. The monoisotopic (exact) mass is 400 g/mol. The Bertz CT molecular complexity index is 732. The average molecular weight is 400 g/mol. The number of pyridine rings is 1. The van der Waals surface area contributed by atoms with Crippen LogP contribution in [0, 0.1) is 20.6 Å². The van der Waals surface area contributed by atoms with Gasteiger partial charge < -0.3 is 9.84 Å². The van der Waals surface area contributed by atoms with E-state index in [0.717, 1.165) is 0 Å². The van der Waals surface area contributed by atoms with Crippen molar-refractivity contribution >= 4 is 34.2 Å². The molecule has 1 heterocycles. The van der Waals surface area contributed by atoms with E-state index in [1.165, 1.54) is 24.3 Å². The normalized spacial score (nSPS) is 10.2. The van der Waals surface area contributed by atoms with E-state index in [2.05, 4.69) is 4.98 Å². The van der Waals surface area contributed by atoms with Gasteiger partial charge in [0, 0.05) is 15.3 Å². The van der Waals surface area contributed by atoms with Crippen molar-refractivity contribution in [1.29, 1.82) is 0 Å². The predicted molar refractivity (Wildman–Crippen MR) is 81.8 cm³/mol. The van der Waals surface area contributed by atoms with Gasteiger partial charge in [-0.1, -0.05) is 0 Å². The van der Waals surface area contributed by atoms with E-state index in [-0.39, 0.29) is 22.9 Å². The molecule has 1 aromatic carbocycles. The number of aromatic carboxylic acids is 1. The van der Waals surface area contributed by atoms with Crippen LogP contribution in [0.15, 0.2) is 30.3 Å². The minimum absolute atomic E-state index is 0.00381. The molecule has 21 heavy (non-hydrogen) atoms. The van der Waals surface area contributed by atoms with Gasteiger partial charge in [0.15, 0.2) is 0 Å². The zero-order valence-electron chi connectivity index (χ0n) is 10.7. The van der Waals surface area contributed by atoms with Crippen LogP contribution in [-0.4, -0.2) is 21.0 Å². The molecule has 0 amide bonds. The first-order chi connectivity index (χ1) is 9.88. The van der Waals surface area contributed by atoms with Crippen molar-refractivity contribution in [1.82, 2.24) is 4.98 Å². The second-order valence-electron chi connectivity index (χ2n) is 4.08. The lowest BCUT2D eigenvalue weighted by Gasteiger charge is -2.09. The number of aryl methyl sites for hydroxylation is 1. The van der Waals surface area contributed by atoms with E-state index in [0.29, 0.717) is 9.26 Å². The lowest BCUT2D eigenvalue weighted by molar-refractivity contribution is -0.386. The van der Waals surface area contributed by atoms with Gasteiger partial charge >= 0.3 is 11.7 Å². The molecular formula is C13H9IN2O5. The van der Waals surface area contributed by atoms with Gasteiger partial charge in [-0.3, -0.25) is 10.1 Å². The summed E-state index contributed by atoms with van der Waals surface area (Å²) in [5.74, 6) is -1.41. The second-order valence-corrected chi connectivity index (χ2v) is 5.33. The summed E-state index contributed by atoms with van der Waals surface area (Å²) in [5, 5.41) is 20.1. The minimum Gasteiger partial charge on any atom is -0.478 e. The van der Waals surface area contributed by atoms with Gasteiger partial charge in [0.1, 0.15) is 11.3 Å². The molecule has 0 aliphatic heterocycles. The third-order valence-corrected chi connectivity index (χ3v) is 3.23. The maximum Gasteiger partial charge on any atom is 0.339 e. The van der Waals surface area contributed by atoms with E-state index in [4.69, 9.17) is 9.84 Å². The zero-order chi connectivity index (χ0) is 15.6. The van der Waals surface area contributed by atoms with Crippen LogP contribution in [0.2, 0.25) is 0 Å². The molecule has 0 fully saturated rings. The fourth-order valence-electron chi connectivity index (χ4n) is 1.60. The van der Waals surface area contributed by atoms with Crippen LogP contribution in [0.3, 0.4) is 0 Å². The highest BCUT2D eigenvalue weighted by atomic mass is 127. The molecule has 0 spiro atoms. The first-order valence-corrected chi connectivity index (χ1v) is 6.79. The second kappa shape index (κ2) is 6.04. The summed E-state index contributed by atoms with van der Waals surface area (Å²) in [7, 11) is 0. The molecule has 0 bridgehead atoms. The van der Waals surface area contributed by atoms with Crippen molar-refractivity contribution in [3.05, 3.63) is 55.3 Å². The Morgan fingerprint density at radius 2 is 2.10 bits per heavy atom. The number of benzene rings is 1. The van der Waals surface area contributed by atoms with Gasteiger partial charge in [-0.15, -0.1) is 0 Å². The van der Waals surface area contributed by atoms with Crippen LogP contribution >= 0.6 is 22.6 Å². The number of carboxylic acids is 1. The van der Waals surface area contributed by atoms with Gasteiger partial charge in [0.05, 0.1) is 4.92 Å². The number of hydrogen-bond acceptors (Lipinski definition) is 5. The minimum atomic E-state index is -1.18. The van der Waals surface area contributed by atoms with Gasteiger partial charge in [-0.05, 0) is 53.8 Å². The topological polar surface area (TPSA) is 103 Å². The van der Waals surface area contributed by atoms with Crippen molar-refractivity contribution in [2.45, 2.75) is 6.92 Å². The molecular weight excluding hydrogens is 391 g/mol. The lowest BCUT2D eigenvalue weighted by Crippen LogP contribution is -2.03. The van der Waals surface area contributed by atoms with Crippen LogP contribution < -0.4 is 4.74 Å². The first-order valence-electron chi connectivity index (χ1n) is 5.71. The van der Waals surface area contributed by atoms with Crippen LogP contribution in [0.4, 0.5) is 5.69 Å². The predicted octanol–water partition coefficient (Wildman–Crippen LogP) is 3.39. The van der Waals surface area contributed by atoms with Crippen molar-refractivity contribution in [3.8, 4) is 11.6 Å². The Kier molecular flexibility index (Phi) is 4.36. The van der Waals surface area contributed by atoms with E-state index in [1.54, 1.807) is 13.0 Å². The van der Waals surface area contributed by atoms with E-state index in [1.807, 2.05) is 22.6 Å². The molecule has 0 atom stereocenters. The molecule has 0 aliphatic rings. The molecule has 8 heteroatoms. The fourth-order valence-corrected chi connectivity index (χ4v) is 2.09. The maximum absolute atomic E-state index is 11.2. The first kappa shape index (κ1) is 15.2. The van der Waals surface area contributed by atoms with Crippen LogP contribution in [0.25, 0.3) is 0 Å². The lowest BCUT2D eigenvalue weighted by atomic mass is 10.2. The maximum atomic E-state index is 11.2. The smallest absolute Gasteiger partial charge is 0.339 e. The summed E-state index contributed by atoms with van der Waals surface area (Å²) in [6.45, 7) is 1.66. The average Bonchev–Trinajstić information content (AvgIpc) is 2.40. The summed E-state index contributed by atoms with van der Waals surface area (Å²) < 4.78 is 6.07. The van der Waals surface area contributed by atoms with Gasteiger partial charge in [0.25, 0.3) is 5.88 Å². The molecule has 1 N–H and O–H groups in total. The van der Waals surface area contributed by atoms with E-state index >= 15 is 0 Å². The van der Waals surface area contributed by atoms with Gasteiger partial charge in [0.2, 0.25) is 0 Å². The highest BCUT2D eigenvalue weighted by Crippen LogP contribution is 2.32. The molecule has 0 aliphatic carbocycles. The Morgan fingerprint density at radius 1 is 1.38 bits per heavy atom. The molecule has 0 radical (unpaired) electrons. The number of nitrogens with zero attached hydrogens (tertiary/aromatic N) is 2. The SMILES string of the molecule is Cc1ccc([N+](=O)[O-])c(Oc2ccc(I)cc2C(=O)O)n1. The number of carbonyl (C=O) groups is 1. The summed E-state index contributed by atoms with van der Waals surface area (Å²) in [5.41, 5.74) is 0.118. The Balaban J connectivity index is 2.50. The summed E-state index contributed by atoms with van der Waals surface area (Å²) in [6, 6.07) is 7.25. The molecule has 2 aromatic rings. The number of carboxylic acid groups (broad SMARTS) is 1. The number of rotatable bonds is 4. The van der Waals surface area contributed by atoms with Crippen molar-refractivity contribution < 1.29 is 19.6 Å². The quantitative estimate of drug-likeness (QED) is 0.480. The number of halogens is 1. The molecule has 1 aromatic heterocycles. The summed E-state index contributed by atoms with van der Waals surface area (Å²) in [4.78, 5) is 25.5. The summed E-state index contributed by atoms with van der Waals surface area (Å²) in [6.07, 6.45) is 0. The van der Waals surface area contributed by atoms with E-state index in [9.17, 15) is 14.9 Å². The van der Waals surface area contributed by atoms with Crippen molar-refractivity contribution in [2.75, 3.05) is 0 Å². The van der Waals surface area contributed by atoms with Gasteiger partial charge in [-0.25, -0.2) is 9.78 Å². The van der Waals surface area contributed by atoms with Gasteiger partial charge in [-0.2, -0.15) is 0 Å². The third kappa shape index (κ3) is 3.45. The standard InChI is InChI=1S/C13H9IN2O5/c1-7-2-4-10(16(19)20)12(15-7)21-11-5-3-8(14)6-9(11)13(17)18/h2-6H,1H3,(H,17,18). The molecule has 0 saturated carbocycles. The number of ether oxygens (including phenoxy) is 1. The third-order valence-electron chi connectivity index (χ3n) is 2.55. The Morgan fingerprint density at radius 3 is 2.71 bits per heavy atom. The van der Waals surface area contributed by atoms with Crippen molar-refractivity contribution in [2.24, 2.45) is 0 Å². The molecule has 108 valence electrons. The van der Waals surface area contributed by atoms with E-state index < -0.39 is 10.9 Å². The molecule has 0 saturated heterocycles. The Hall–Kier alpha value is -2.23. The zero-order valence-corrected chi connectivity index (χ0v) is 12.9. The summed E-state index contributed by atoms with van der Waals surface area (Å²) >= 11 is 1.97. The highest BCUT2D eigenvalue weighted by molar-refractivity contribution is 14.1. The number of hydrogen-bond donors (Lipinski definition) is 1. The Labute approximate surface area is 132 Å². The fraction of sp³-hybridized carbons (Fsp3) is 0.0769. The van der Waals surface area contributed by atoms with Crippen molar-refractivity contribution in [3.63, 3.8) is 0 Å². The number of nitro groups is 1. The molecule has 0 unspecified atom stereocenters. The van der Waals surface area contributed by atoms with Crippen LogP contribution in [0.5, 0.6) is 11.6 Å². The van der Waals surface area contributed by atoms with Crippen LogP contribution in [-0.2, 0) is 0 Å². The largest absolute Gasteiger partial charge is 0.478 e. The highest BCUT2D eigenvalue weighted by Gasteiger charge is 2.20. The molecule has 2 rings (SSSR count). The number of aromatic nitrogens is 1.